The van der Waals surface area contributed by atoms with Crippen molar-refractivity contribution in [3.05, 3.63) is 51.6 Å². The van der Waals surface area contributed by atoms with Crippen LogP contribution in [-0.2, 0) is 23.7 Å². The van der Waals surface area contributed by atoms with Gasteiger partial charge in [0.15, 0.2) is 81.9 Å². The summed E-state index contributed by atoms with van der Waals surface area (Å²) >= 11 is 0. The van der Waals surface area contributed by atoms with Crippen LogP contribution in [0.3, 0.4) is 0 Å². The Morgan fingerprint density at radius 2 is 0.776 bits per heavy atom. The molecule has 0 radical (unpaired) electrons. The van der Waals surface area contributed by atoms with Gasteiger partial charge in [0.1, 0.15) is 23.8 Å². The molecule has 10 rings (SSSR count). The first-order valence-corrected chi connectivity index (χ1v) is 18.6. The third-order valence-electron chi connectivity index (χ3n) is 11.5. The van der Waals surface area contributed by atoms with Crippen LogP contribution >= 0.6 is 0 Å². The molecule has 5 heterocycles. The van der Waals surface area contributed by atoms with Crippen LogP contribution < -0.4 is 0 Å². The van der Waals surface area contributed by atoms with Gasteiger partial charge in [-0.2, -0.15) is 0 Å². The largest absolute Gasteiger partial charge is 0.504 e. The Morgan fingerprint density at radius 3 is 1.39 bits per heavy atom. The van der Waals surface area contributed by atoms with Crippen LogP contribution in [-0.4, -0.2) is 143 Å². The highest BCUT2D eigenvalue weighted by Gasteiger charge is 2.55. The van der Waals surface area contributed by atoms with E-state index in [2.05, 4.69) is 0 Å². The highest BCUT2D eigenvalue weighted by molar-refractivity contribution is 6.15. The summed E-state index contributed by atoms with van der Waals surface area (Å²) in [4.78, 5) is 71.8. The molecule has 5 aromatic carbocycles. The van der Waals surface area contributed by atoms with Gasteiger partial charge >= 0.3 is 29.8 Å². The highest BCUT2D eigenvalue weighted by Crippen LogP contribution is 2.61. The predicted molar refractivity (Wildman–Crippen MR) is 206 cm³/mol. The molecular formula is C41H26O26. The zero-order valence-electron chi connectivity index (χ0n) is 32.6. The molecule has 0 saturated heterocycles. The van der Waals surface area contributed by atoms with Crippen molar-refractivity contribution in [2.45, 2.75) is 30.5 Å². The Balaban J connectivity index is 1.43. The number of carbonyl (C=O) groups is 5. The Labute approximate surface area is 367 Å². The second-order valence-electron chi connectivity index (χ2n) is 15.0. The summed E-state index contributed by atoms with van der Waals surface area (Å²) in [7, 11) is 0. The number of carbonyl (C=O) groups excluding carboxylic acids is 5. The van der Waals surface area contributed by atoms with Gasteiger partial charge in [-0.3, -0.25) is 0 Å². The van der Waals surface area contributed by atoms with Crippen molar-refractivity contribution in [1.82, 2.24) is 0 Å². The smallest absolute Gasteiger partial charge is 0.342 e. The van der Waals surface area contributed by atoms with Crippen LogP contribution in [0.4, 0.5) is 0 Å². The first kappa shape index (κ1) is 42.7. The molecule has 5 aliphatic rings. The van der Waals surface area contributed by atoms with Gasteiger partial charge in [-0.25, -0.2) is 24.0 Å². The summed E-state index contributed by atoms with van der Waals surface area (Å²) in [5.74, 6) is -32.3. The number of aromatic hydroxyl groups is 15. The molecule has 0 aliphatic carbocycles. The van der Waals surface area contributed by atoms with E-state index in [4.69, 9.17) is 23.7 Å². The van der Waals surface area contributed by atoms with Crippen molar-refractivity contribution >= 4 is 29.8 Å². The zero-order chi connectivity index (χ0) is 48.7. The summed E-state index contributed by atoms with van der Waals surface area (Å²) in [6.07, 6.45) is -13.6. The second kappa shape index (κ2) is 14.2. The van der Waals surface area contributed by atoms with E-state index in [-0.39, 0.29) is 0 Å². The fourth-order valence-corrected chi connectivity index (χ4v) is 8.30. The van der Waals surface area contributed by atoms with E-state index in [0.717, 1.165) is 0 Å². The lowest BCUT2D eigenvalue weighted by Crippen LogP contribution is -2.56. The summed E-state index contributed by atoms with van der Waals surface area (Å²) < 4.78 is 27.6. The van der Waals surface area contributed by atoms with Gasteiger partial charge in [-0.1, -0.05) is 0 Å². The van der Waals surface area contributed by atoms with E-state index in [1.165, 1.54) is 0 Å². The highest BCUT2D eigenvalue weighted by atomic mass is 16.6. The maximum Gasteiger partial charge on any atom is 0.342 e. The summed E-state index contributed by atoms with van der Waals surface area (Å²) in [5.41, 5.74) is -14.4. The minimum Gasteiger partial charge on any atom is -0.504 e. The maximum atomic E-state index is 15.0. The molecular weight excluding hydrogens is 908 g/mol. The molecule has 5 unspecified atom stereocenters. The van der Waals surface area contributed by atoms with Gasteiger partial charge in [-0.05, 0) is 18.2 Å². The normalized spacial score (nSPS) is 20.6. The Bertz CT molecular complexity index is 3190. The number of aliphatic hydroxyl groups is 1. The fourth-order valence-electron chi connectivity index (χ4n) is 8.30. The summed E-state index contributed by atoms with van der Waals surface area (Å²) in [5, 5.41) is 177. The molecule has 10 bridgehead atoms. The molecule has 5 aliphatic heterocycles. The standard InChI is InChI=1S/C41H26O26/c42-10-3-7-12(24(48)23(10)47)5-1-8(21(45)30(54)19(5)43)37(58)63-4-11-34(65-38(7)59)36-35-29(53)18-17(41(62)66-35)15(27(51)33(57)28(18)52)14-16(40(61)67-36)13(25(49)32(56)26(14)50)6-2-9(39(60)64-11)22(46)31(55)20(6)44/h1-3,11,29,34-36,42-57H,4H2. The second-order valence-corrected chi connectivity index (χ2v) is 15.0. The van der Waals surface area contributed by atoms with Crippen molar-refractivity contribution in [3.8, 4) is 120 Å². The monoisotopic (exact) mass is 934 g/mol. The van der Waals surface area contributed by atoms with Crippen LogP contribution in [0.15, 0.2) is 18.2 Å². The molecule has 26 heteroatoms. The van der Waals surface area contributed by atoms with Gasteiger partial charge in [0, 0.05) is 38.9 Å². The van der Waals surface area contributed by atoms with Crippen LogP contribution in [0.1, 0.15) is 63.5 Å². The van der Waals surface area contributed by atoms with Gasteiger partial charge in [0.25, 0.3) is 0 Å². The van der Waals surface area contributed by atoms with Crippen molar-refractivity contribution in [2.75, 3.05) is 6.61 Å². The number of hydrogen-bond donors (Lipinski definition) is 16. The molecule has 346 valence electrons. The van der Waals surface area contributed by atoms with Crippen LogP contribution in [0.5, 0.6) is 86.2 Å². The van der Waals surface area contributed by atoms with Crippen LogP contribution in [0.25, 0.3) is 33.4 Å². The molecule has 16 N–H and O–H groups in total. The van der Waals surface area contributed by atoms with Gasteiger partial charge in [0.2, 0.25) is 28.7 Å². The molecule has 0 amide bonds. The van der Waals surface area contributed by atoms with E-state index in [1.807, 2.05) is 0 Å². The molecule has 0 fully saturated rings. The molecule has 0 aromatic heterocycles. The summed E-state index contributed by atoms with van der Waals surface area (Å²) in [6, 6.07) is 1.24. The number of benzene rings is 5. The van der Waals surface area contributed by atoms with E-state index in [9.17, 15) is 106 Å². The molecule has 0 saturated carbocycles. The first-order valence-electron chi connectivity index (χ1n) is 18.6. The average molecular weight is 935 g/mol. The molecule has 5 aromatic rings. The quantitative estimate of drug-likeness (QED) is 0.0591. The Morgan fingerprint density at radius 1 is 0.343 bits per heavy atom. The molecule has 0 spiro atoms. The Kier molecular flexibility index (Phi) is 9.05. The minimum absolute atomic E-state index is 0.357. The van der Waals surface area contributed by atoms with E-state index in [0.29, 0.717) is 18.2 Å². The number of ether oxygens (including phenoxy) is 5. The molecule has 67 heavy (non-hydrogen) atoms. The number of hydrogen-bond acceptors (Lipinski definition) is 26. The predicted octanol–water partition coefficient (Wildman–Crippen LogP) is 1.32. The molecule has 26 nitrogen and oxygen atoms in total. The van der Waals surface area contributed by atoms with E-state index >= 15 is 0 Å². The lowest BCUT2D eigenvalue weighted by atomic mass is 9.80. The van der Waals surface area contributed by atoms with Gasteiger partial charge in [-0.15, -0.1) is 0 Å². The van der Waals surface area contributed by atoms with Crippen LogP contribution in [0, 0.1) is 0 Å². The number of phenols is 15. The minimum atomic E-state index is -2.82. The number of phenolic OH excluding ortho intramolecular Hbond substituents is 15. The van der Waals surface area contributed by atoms with E-state index < -0.39 is 220 Å². The van der Waals surface area contributed by atoms with Crippen molar-refractivity contribution in [3.63, 3.8) is 0 Å². The third-order valence-corrected chi connectivity index (χ3v) is 11.5. The average Bonchev–Trinajstić information content (AvgIpc) is 3.28. The first-order chi connectivity index (χ1) is 31.5. The zero-order valence-corrected chi connectivity index (χ0v) is 32.6. The van der Waals surface area contributed by atoms with Crippen molar-refractivity contribution < 1.29 is 129 Å². The SMILES string of the molecule is O=C1OCC2OC(=O)c3cc(c(O)c(O)c3O)-c3c(O)c(O)c(O)c4c3C(=O)OC(C2OC(=O)c2cc(O)c(O)c(O)c2-c2cc1c(O)c(O)c2O)C1OC(=O)c2c-4c(O)c(O)c(O)c2C1O. The molecule has 5 atom stereocenters. The summed E-state index contributed by atoms with van der Waals surface area (Å²) in [6.45, 7) is -1.52. The third kappa shape index (κ3) is 5.68. The number of fused-ring (bicyclic) bond motifs is 9. The van der Waals surface area contributed by atoms with Gasteiger partial charge in [0.05, 0.1) is 16.7 Å². The lowest BCUT2D eigenvalue weighted by molar-refractivity contribution is -0.154. The number of rotatable bonds is 0. The van der Waals surface area contributed by atoms with Crippen molar-refractivity contribution in [1.29, 1.82) is 0 Å². The maximum absolute atomic E-state index is 15.0. The Hall–Kier alpha value is -9.59. The number of aliphatic hydroxyl groups excluding tert-OH is 1. The van der Waals surface area contributed by atoms with Crippen molar-refractivity contribution in [2.24, 2.45) is 0 Å². The number of esters is 5. The number of cyclic esters (lactones) is 1. The van der Waals surface area contributed by atoms with E-state index in [1.54, 1.807) is 0 Å². The fraction of sp³-hybridized carbons (Fsp3) is 0.146. The van der Waals surface area contributed by atoms with Gasteiger partial charge < -0.3 is 105 Å². The van der Waals surface area contributed by atoms with Crippen LogP contribution in [0.2, 0.25) is 0 Å². The topological polar surface area (TPSA) is 455 Å². The lowest BCUT2D eigenvalue weighted by Gasteiger charge is -2.41.